The topological polar surface area (TPSA) is 79.0 Å². The number of amides is 3. The van der Waals surface area contributed by atoms with Crippen LogP contribution in [0.1, 0.15) is 26.2 Å². The Morgan fingerprint density at radius 3 is 2.72 bits per heavy atom. The summed E-state index contributed by atoms with van der Waals surface area (Å²) >= 11 is 0. The van der Waals surface area contributed by atoms with Gasteiger partial charge in [0.15, 0.2) is 6.10 Å². The number of hydrogen-bond donors (Lipinski definition) is 1. The summed E-state index contributed by atoms with van der Waals surface area (Å²) < 4.78 is 5.57. The van der Waals surface area contributed by atoms with Gasteiger partial charge in [-0.1, -0.05) is 12.1 Å². The molecule has 0 bridgehead atoms. The molecule has 7 heteroatoms. The molecule has 1 saturated carbocycles. The van der Waals surface area contributed by atoms with Gasteiger partial charge in [-0.25, -0.2) is 0 Å². The first kappa shape index (κ1) is 15.9. The summed E-state index contributed by atoms with van der Waals surface area (Å²) in [6.45, 7) is 2.25. The molecule has 1 saturated heterocycles. The van der Waals surface area contributed by atoms with Crippen molar-refractivity contribution in [2.75, 3.05) is 18.0 Å². The van der Waals surface area contributed by atoms with E-state index in [0.29, 0.717) is 30.4 Å². The van der Waals surface area contributed by atoms with Crippen LogP contribution in [0.25, 0.3) is 0 Å². The molecule has 0 radical (unpaired) electrons. The van der Waals surface area contributed by atoms with Gasteiger partial charge in [0.1, 0.15) is 18.3 Å². The predicted molar refractivity (Wildman–Crippen MR) is 90.2 cm³/mol. The van der Waals surface area contributed by atoms with Crippen LogP contribution in [0.2, 0.25) is 0 Å². The molecule has 2 aliphatic heterocycles. The average Bonchev–Trinajstić information content (AvgIpc) is 3.37. The molecule has 0 unspecified atom stereocenters. The molecule has 1 aromatic rings. The van der Waals surface area contributed by atoms with Crippen molar-refractivity contribution in [1.82, 2.24) is 10.2 Å². The number of fused-ring (bicyclic) bond motifs is 1. The second-order valence-corrected chi connectivity index (χ2v) is 6.82. The molecule has 1 aromatic carbocycles. The minimum atomic E-state index is -0.638. The predicted octanol–water partition coefficient (Wildman–Crippen LogP) is 0.680. The third-order valence-electron chi connectivity index (χ3n) is 4.94. The van der Waals surface area contributed by atoms with Gasteiger partial charge in [-0.05, 0) is 38.3 Å². The van der Waals surface area contributed by atoms with Crippen molar-refractivity contribution in [1.29, 1.82) is 0 Å². The Hall–Kier alpha value is -2.57. The molecule has 3 amide bonds. The van der Waals surface area contributed by atoms with E-state index in [0.717, 1.165) is 12.8 Å². The fourth-order valence-electron chi connectivity index (χ4n) is 3.49. The molecular weight excluding hydrogens is 322 g/mol. The van der Waals surface area contributed by atoms with Crippen molar-refractivity contribution in [2.45, 2.75) is 44.4 Å². The van der Waals surface area contributed by atoms with E-state index < -0.39 is 12.1 Å². The zero-order chi connectivity index (χ0) is 17.6. The van der Waals surface area contributed by atoms with Crippen LogP contribution in [0, 0.1) is 0 Å². The van der Waals surface area contributed by atoms with E-state index in [-0.39, 0.29) is 24.3 Å². The third kappa shape index (κ3) is 2.94. The van der Waals surface area contributed by atoms with Crippen LogP contribution >= 0.6 is 0 Å². The Kier molecular flexibility index (Phi) is 3.86. The van der Waals surface area contributed by atoms with Crippen molar-refractivity contribution in [3.8, 4) is 5.75 Å². The maximum atomic E-state index is 12.5. The van der Waals surface area contributed by atoms with Crippen LogP contribution in [-0.4, -0.2) is 53.9 Å². The fourth-order valence-corrected chi connectivity index (χ4v) is 3.49. The number of hydrogen-bond acceptors (Lipinski definition) is 4. The third-order valence-corrected chi connectivity index (χ3v) is 4.94. The largest absolute Gasteiger partial charge is 0.479 e. The highest BCUT2D eigenvalue weighted by molar-refractivity contribution is 6.04. The van der Waals surface area contributed by atoms with Crippen LogP contribution in [0.5, 0.6) is 5.75 Å². The number of nitrogens with zero attached hydrogens (tertiary/aromatic N) is 2. The maximum absolute atomic E-state index is 12.5. The fraction of sp³-hybridized carbons (Fsp3) is 0.500. The number of likely N-dealkylation sites (tertiary alicyclic amines) is 1. The van der Waals surface area contributed by atoms with Gasteiger partial charge in [-0.2, -0.15) is 0 Å². The van der Waals surface area contributed by atoms with E-state index in [1.165, 1.54) is 4.90 Å². The second kappa shape index (κ2) is 6.06. The first-order chi connectivity index (χ1) is 12.0. The number of rotatable bonds is 4. The number of anilines is 1. The van der Waals surface area contributed by atoms with Crippen molar-refractivity contribution in [3.05, 3.63) is 24.3 Å². The zero-order valence-electron chi connectivity index (χ0n) is 14.1. The van der Waals surface area contributed by atoms with Gasteiger partial charge in [-0.15, -0.1) is 0 Å². The van der Waals surface area contributed by atoms with E-state index in [9.17, 15) is 14.4 Å². The highest BCUT2D eigenvalue weighted by Crippen LogP contribution is 2.33. The van der Waals surface area contributed by atoms with Gasteiger partial charge >= 0.3 is 0 Å². The highest BCUT2D eigenvalue weighted by Gasteiger charge is 2.41. The van der Waals surface area contributed by atoms with Crippen molar-refractivity contribution in [3.63, 3.8) is 0 Å². The number of carbonyl (C=O) groups excluding carboxylic acids is 3. The molecular formula is C18H21N3O4. The van der Waals surface area contributed by atoms with Crippen molar-refractivity contribution in [2.24, 2.45) is 0 Å². The summed E-state index contributed by atoms with van der Waals surface area (Å²) in [6.07, 6.45) is 2.11. The lowest BCUT2D eigenvalue weighted by atomic mass is 10.2. The van der Waals surface area contributed by atoms with Crippen LogP contribution < -0.4 is 15.0 Å². The van der Waals surface area contributed by atoms with Crippen LogP contribution in [-0.2, 0) is 14.4 Å². The monoisotopic (exact) mass is 343 g/mol. The van der Waals surface area contributed by atoms with Gasteiger partial charge in [0.05, 0.1) is 5.69 Å². The normalized spacial score (nSPS) is 25.6. The second-order valence-electron chi connectivity index (χ2n) is 6.82. The quantitative estimate of drug-likeness (QED) is 0.872. The summed E-state index contributed by atoms with van der Waals surface area (Å²) in [7, 11) is 0. The summed E-state index contributed by atoms with van der Waals surface area (Å²) in [5.41, 5.74) is 0.582. The molecule has 2 atom stereocenters. The SMILES string of the molecule is C[C@H]1Oc2ccccc2N(CC(=O)N[C@H]2CCN(C3CC3)C2=O)C1=O. The molecule has 4 rings (SSSR count). The van der Waals surface area contributed by atoms with E-state index in [2.05, 4.69) is 5.32 Å². The van der Waals surface area contributed by atoms with Crippen molar-refractivity contribution < 1.29 is 19.1 Å². The van der Waals surface area contributed by atoms with Gasteiger partial charge in [0, 0.05) is 12.6 Å². The number of para-hydroxylation sites is 2. The van der Waals surface area contributed by atoms with Gasteiger partial charge in [0.2, 0.25) is 11.8 Å². The molecule has 0 aromatic heterocycles. The Labute approximate surface area is 145 Å². The van der Waals surface area contributed by atoms with Crippen LogP contribution in [0.3, 0.4) is 0 Å². The first-order valence-corrected chi connectivity index (χ1v) is 8.71. The number of nitrogens with one attached hydrogen (secondary N) is 1. The summed E-state index contributed by atoms with van der Waals surface area (Å²) in [6, 6.07) is 7.03. The van der Waals surface area contributed by atoms with E-state index in [4.69, 9.17) is 4.74 Å². The van der Waals surface area contributed by atoms with Gasteiger partial charge < -0.3 is 15.0 Å². The molecule has 1 aliphatic carbocycles. The molecule has 132 valence electrons. The summed E-state index contributed by atoms with van der Waals surface area (Å²) in [5.74, 6) is -0.00312. The Bertz CT molecular complexity index is 731. The number of carbonyl (C=O) groups is 3. The molecule has 2 heterocycles. The lowest BCUT2D eigenvalue weighted by Gasteiger charge is -2.32. The Balaban J connectivity index is 1.44. The Morgan fingerprint density at radius 1 is 1.20 bits per heavy atom. The van der Waals surface area contributed by atoms with Gasteiger partial charge in [-0.3, -0.25) is 19.3 Å². The number of ether oxygens (including phenoxy) is 1. The van der Waals surface area contributed by atoms with Crippen LogP contribution in [0.4, 0.5) is 5.69 Å². The lowest BCUT2D eigenvalue weighted by Crippen LogP contribution is -2.51. The first-order valence-electron chi connectivity index (χ1n) is 8.71. The minimum absolute atomic E-state index is 0.00192. The summed E-state index contributed by atoms with van der Waals surface area (Å²) in [5, 5.41) is 2.79. The smallest absolute Gasteiger partial charge is 0.268 e. The molecule has 0 spiro atoms. The maximum Gasteiger partial charge on any atom is 0.268 e. The van der Waals surface area contributed by atoms with Crippen molar-refractivity contribution >= 4 is 23.4 Å². The zero-order valence-corrected chi connectivity index (χ0v) is 14.1. The van der Waals surface area contributed by atoms with E-state index in [1.54, 1.807) is 25.1 Å². The standard InChI is InChI=1S/C18H21N3O4/c1-11-17(23)21(14-4-2-3-5-15(14)25-11)10-16(22)19-13-8-9-20(18(13)24)12-6-7-12/h2-5,11-13H,6-10H2,1H3,(H,19,22)/t11-,13+/m1/s1. The Morgan fingerprint density at radius 2 is 1.96 bits per heavy atom. The molecule has 7 nitrogen and oxygen atoms in total. The highest BCUT2D eigenvalue weighted by atomic mass is 16.5. The molecule has 25 heavy (non-hydrogen) atoms. The average molecular weight is 343 g/mol. The molecule has 1 N–H and O–H groups in total. The summed E-state index contributed by atoms with van der Waals surface area (Å²) in [4.78, 5) is 40.5. The van der Waals surface area contributed by atoms with E-state index in [1.807, 2.05) is 11.0 Å². The van der Waals surface area contributed by atoms with E-state index >= 15 is 0 Å². The number of benzene rings is 1. The van der Waals surface area contributed by atoms with Crippen LogP contribution in [0.15, 0.2) is 24.3 Å². The molecule has 3 aliphatic rings. The minimum Gasteiger partial charge on any atom is -0.479 e. The van der Waals surface area contributed by atoms with Gasteiger partial charge in [0.25, 0.3) is 5.91 Å². The molecule has 2 fully saturated rings. The lowest BCUT2D eigenvalue weighted by molar-refractivity contribution is -0.133.